The Morgan fingerprint density at radius 2 is 1.90 bits per heavy atom. The number of sulfonamides is 1. The molecule has 0 heterocycles. The summed E-state index contributed by atoms with van der Waals surface area (Å²) in [5.74, 6) is -0.919. The number of hydrogen-bond acceptors (Lipinski definition) is 7. The largest absolute Gasteiger partial charge is 0.497 e. The third kappa shape index (κ3) is 4.97. The molecule has 29 heavy (non-hydrogen) atoms. The number of hydrogen-bond donors (Lipinski definition) is 2. The highest BCUT2D eigenvalue weighted by Gasteiger charge is 2.26. The summed E-state index contributed by atoms with van der Waals surface area (Å²) >= 11 is 6.04. The maximum atomic E-state index is 12.7. The number of benzene rings is 2. The molecule has 2 aromatic carbocycles. The van der Waals surface area contributed by atoms with Crippen LogP contribution >= 0.6 is 11.6 Å². The molecule has 2 aromatic rings. The van der Waals surface area contributed by atoms with E-state index in [1.807, 2.05) is 0 Å². The van der Waals surface area contributed by atoms with Gasteiger partial charge >= 0.3 is 5.97 Å². The Hall–Kier alpha value is -2.82. The monoisotopic (exact) mass is 441 g/mol. The van der Waals surface area contributed by atoms with E-state index in [9.17, 15) is 18.0 Å². The zero-order valence-corrected chi connectivity index (χ0v) is 17.5. The number of nitrogen functional groups attached to an aromatic ring is 1. The van der Waals surface area contributed by atoms with Crippen molar-refractivity contribution in [3.05, 3.63) is 47.0 Å². The van der Waals surface area contributed by atoms with E-state index in [-0.39, 0.29) is 26.9 Å². The van der Waals surface area contributed by atoms with Crippen LogP contribution in [0.5, 0.6) is 5.75 Å². The van der Waals surface area contributed by atoms with Crippen LogP contribution in [0.4, 0.5) is 11.4 Å². The molecule has 1 amide bonds. The van der Waals surface area contributed by atoms with Gasteiger partial charge in [-0.15, -0.1) is 0 Å². The van der Waals surface area contributed by atoms with E-state index in [1.165, 1.54) is 57.7 Å². The van der Waals surface area contributed by atoms with Crippen molar-refractivity contribution in [1.29, 1.82) is 0 Å². The molecule has 3 N–H and O–H groups in total. The molecule has 0 radical (unpaired) electrons. The average Bonchev–Trinajstić information content (AvgIpc) is 2.68. The molecule has 9 nitrogen and oxygen atoms in total. The van der Waals surface area contributed by atoms with Gasteiger partial charge in [-0.25, -0.2) is 13.2 Å². The summed E-state index contributed by atoms with van der Waals surface area (Å²) in [6.45, 7) is -0.507. The number of likely N-dealkylation sites (N-methyl/N-ethyl adjacent to an activating group) is 1. The number of methoxy groups -OCH3 is 2. The maximum absolute atomic E-state index is 12.7. The molecule has 0 saturated carbocycles. The number of carbonyl (C=O) groups is 2. The lowest BCUT2D eigenvalue weighted by molar-refractivity contribution is -0.116. The van der Waals surface area contributed by atoms with Gasteiger partial charge < -0.3 is 20.5 Å². The normalized spacial score (nSPS) is 11.2. The topological polar surface area (TPSA) is 128 Å². The highest BCUT2D eigenvalue weighted by Crippen LogP contribution is 2.28. The quantitative estimate of drug-likeness (QED) is 0.496. The van der Waals surface area contributed by atoms with E-state index in [0.29, 0.717) is 5.75 Å². The van der Waals surface area contributed by atoms with Crippen molar-refractivity contribution in [1.82, 2.24) is 4.31 Å². The van der Waals surface area contributed by atoms with Crippen LogP contribution in [0.1, 0.15) is 10.4 Å². The molecule has 0 fully saturated rings. The second-order valence-electron chi connectivity index (χ2n) is 5.86. The van der Waals surface area contributed by atoms with E-state index >= 15 is 0 Å². The molecule has 0 atom stereocenters. The standard InChI is InChI=1S/C18H20ClN3O6S/c1-22(29(25,26)15-8-7-11(27-2)9-13(15)19)10-16(23)21-14-6-4-5-12(17(14)20)18(24)28-3/h4-9H,10,20H2,1-3H3,(H,21,23). The van der Waals surface area contributed by atoms with Crippen LogP contribution < -0.4 is 15.8 Å². The van der Waals surface area contributed by atoms with Gasteiger partial charge in [-0.1, -0.05) is 17.7 Å². The molecule has 0 unspecified atom stereocenters. The van der Waals surface area contributed by atoms with Gasteiger partial charge in [0.25, 0.3) is 0 Å². The minimum atomic E-state index is -4.04. The molecule has 156 valence electrons. The Labute approximate surface area is 173 Å². The van der Waals surface area contributed by atoms with E-state index < -0.39 is 28.4 Å². The van der Waals surface area contributed by atoms with Crippen LogP contribution in [-0.2, 0) is 19.6 Å². The Balaban J connectivity index is 2.18. The van der Waals surface area contributed by atoms with Gasteiger partial charge in [0.1, 0.15) is 10.6 Å². The summed E-state index contributed by atoms with van der Waals surface area (Å²) in [7, 11) is -0.165. The lowest BCUT2D eigenvalue weighted by Crippen LogP contribution is -2.35. The Kier molecular flexibility index (Phi) is 7.07. The fraction of sp³-hybridized carbons (Fsp3) is 0.222. The number of amides is 1. The zero-order valence-electron chi connectivity index (χ0n) is 15.9. The molecule has 2 rings (SSSR count). The lowest BCUT2D eigenvalue weighted by Gasteiger charge is -2.18. The summed E-state index contributed by atoms with van der Waals surface area (Å²) in [4.78, 5) is 23.9. The number of esters is 1. The average molecular weight is 442 g/mol. The summed E-state index contributed by atoms with van der Waals surface area (Å²) < 4.78 is 35.9. The number of ether oxygens (including phenoxy) is 2. The molecule has 0 aliphatic carbocycles. The minimum Gasteiger partial charge on any atom is -0.497 e. The van der Waals surface area contributed by atoms with Crippen LogP contribution in [-0.4, -0.2) is 52.4 Å². The van der Waals surface area contributed by atoms with Crippen molar-refractivity contribution >= 4 is 44.9 Å². The Morgan fingerprint density at radius 1 is 1.21 bits per heavy atom. The first-order valence-corrected chi connectivity index (χ1v) is 10.00. The number of nitrogens with one attached hydrogen (secondary N) is 1. The third-order valence-corrected chi connectivity index (χ3v) is 6.27. The second kappa shape index (κ2) is 9.12. The van der Waals surface area contributed by atoms with E-state index in [1.54, 1.807) is 0 Å². The van der Waals surface area contributed by atoms with Gasteiger partial charge in [0.2, 0.25) is 15.9 Å². The maximum Gasteiger partial charge on any atom is 0.340 e. The smallest absolute Gasteiger partial charge is 0.340 e. The fourth-order valence-corrected chi connectivity index (χ4v) is 4.06. The molecule has 0 aromatic heterocycles. The second-order valence-corrected chi connectivity index (χ2v) is 8.28. The number of anilines is 2. The van der Waals surface area contributed by atoms with Crippen LogP contribution in [0.15, 0.2) is 41.3 Å². The van der Waals surface area contributed by atoms with Crippen LogP contribution in [0.2, 0.25) is 5.02 Å². The van der Waals surface area contributed by atoms with Crippen molar-refractivity contribution in [3.63, 3.8) is 0 Å². The molecule has 0 aliphatic heterocycles. The summed E-state index contributed by atoms with van der Waals surface area (Å²) in [6, 6.07) is 8.54. The number of halogens is 1. The third-order valence-electron chi connectivity index (χ3n) is 3.98. The summed E-state index contributed by atoms with van der Waals surface area (Å²) in [5, 5.41) is 2.45. The highest BCUT2D eigenvalue weighted by molar-refractivity contribution is 7.89. The van der Waals surface area contributed by atoms with Crippen LogP contribution in [0.25, 0.3) is 0 Å². The predicted molar refractivity (Wildman–Crippen MR) is 109 cm³/mol. The first kappa shape index (κ1) is 22.5. The van der Waals surface area contributed by atoms with Gasteiger partial charge in [-0.2, -0.15) is 4.31 Å². The minimum absolute atomic E-state index is 0.0106. The number of rotatable bonds is 7. The van der Waals surface area contributed by atoms with Crippen LogP contribution in [0.3, 0.4) is 0 Å². The van der Waals surface area contributed by atoms with E-state index in [0.717, 1.165) is 4.31 Å². The van der Waals surface area contributed by atoms with Crippen LogP contribution in [0, 0.1) is 0 Å². The van der Waals surface area contributed by atoms with Crippen molar-refractivity contribution in [3.8, 4) is 5.75 Å². The lowest BCUT2D eigenvalue weighted by atomic mass is 10.1. The van der Waals surface area contributed by atoms with Crippen molar-refractivity contribution in [2.45, 2.75) is 4.90 Å². The van der Waals surface area contributed by atoms with Gasteiger partial charge in [-0.3, -0.25) is 4.79 Å². The molecule has 0 aliphatic rings. The fourth-order valence-electron chi connectivity index (χ4n) is 2.42. The Morgan fingerprint density at radius 3 is 2.48 bits per heavy atom. The molecule has 0 spiro atoms. The molecule has 0 bridgehead atoms. The number of para-hydroxylation sites is 1. The first-order chi connectivity index (χ1) is 13.6. The Bertz CT molecular complexity index is 1040. The molecule has 11 heteroatoms. The van der Waals surface area contributed by atoms with Gasteiger partial charge in [0, 0.05) is 13.1 Å². The summed E-state index contributed by atoms with van der Waals surface area (Å²) in [5.41, 5.74) is 6.14. The summed E-state index contributed by atoms with van der Waals surface area (Å²) in [6.07, 6.45) is 0. The van der Waals surface area contributed by atoms with Crippen molar-refractivity contribution in [2.75, 3.05) is 38.9 Å². The van der Waals surface area contributed by atoms with Gasteiger partial charge in [0.05, 0.1) is 42.7 Å². The van der Waals surface area contributed by atoms with Crippen molar-refractivity contribution < 1.29 is 27.5 Å². The molecule has 0 saturated heterocycles. The zero-order chi connectivity index (χ0) is 21.8. The number of carbonyl (C=O) groups excluding carboxylic acids is 2. The molecular weight excluding hydrogens is 422 g/mol. The predicted octanol–water partition coefficient (Wildman–Crippen LogP) is 1.98. The van der Waals surface area contributed by atoms with Gasteiger partial charge in [-0.05, 0) is 24.3 Å². The van der Waals surface area contributed by atoms with E-state index in [4.69, 9.17) is 22.1 Å². The SMILES string of the molecule is COC(=O)c1cccc(NC(=O)CN(C)S(=O)(=O)c2ccc(OC)cc2Cl)c1N. The van der Waals surface area contributed by atoms with Crippen molar-refractivity contribution in [2.24, 2.45) is 0 Å². The van der Waals surface area contributed by atoms with E-state index in [2.05, 4.69) is 10.1 Å². The molecular formula is C18H20ClN3O6S. The first-order valence-electron chi connectivity index (χ1n) is 8.18. The number of nitrogens with zero attached hydrogens (tertiary/aromatic N) is 1. The van der Waals surface area contributed by atoms with Gasteiger partial charge in [0.15, 0.2) is 0 Å². The number of nitrogens with two attached hydrogens (primary N) is 1. The highest BCUT2D eigenvalue weighted by atomic mass is 35.5.